The van der Waals surface area contributed by atoms with Gasteiger partial charge < -0.3 is 4.57 Å². The molecule has 2 heteroatoms. The molecule has 0 unspecified atom stereocenters. The Balaban J connectivity index is 1.23. The van der Waals surface area contributed by atoms with Crippen LogP contribution < -0.4 is 0 Å². The maximum atomic E-state index is 2.49. The van der Waals surface area contributed by atoms with E-state index in [1.54, 1.807) is 0 Å². The average Bonchev–Trinajstić information content (AvgIpc) is 3.84. The van der Waals surface area contributed by atoms with Crippen molar-refractivity contribution in [1.29, 1.82) is 0 Å². The summed E-state index contributed by atoms with van der Waals surface area (Å²) in [5.74, 6) is 0. The molecule has 1 aliphatic rings. The predicted octanol–water partition coefficient (Wildman–Crippen LogP) is 13.2. The summed E-state index contributed by atoms with van der Waals surface area (Å²) in [7, 11) is 0. The van der Waals surface area contributed by atoms with E-state index in [2.05, 4.69) is 193 Å². The zero-order chi connectivity index (χ0) is 33.5. The van der Waals surface area contributed by atoms with Crippen LogP contribution in [0.2, 0.25) is 0 Å². The van der Waals surface area contributed by atoms with Crippen LogP contribution in [-0.2, 0) is 5.41 Å². The Morgan fingerprint density at radius 1 is 0.392 bits per heavy atom. The quantitative estimate of drug-likeness (QED) is 0.176. The number of nitrogens with zero attached hydrogens (tertiary/aromatic N) is 1. The van der Waals surface area contributed by atoms with Crippen molar-refractivity contribution in [2.45, 2.75) is 5.41 Å². The zero-order valence-electron chi connectivity index (χ0n) is 27.8. The lowest BCUT2D eigenvalue weighted by Gasteiger charge is -2.34. The van der Waals surface area contributed by atoms with Gasteiger partial charge in [-0.15, -0.1) is 11.3 Å². The van der Waals surface area contributed by atoms with Crippen molar-refractivity contribution >= 4 is 53.3 Å². The van der Waals surface area contributed by atoms with Gasteiger partial charge in [0.05, 0.1) is 16.4 Å². The predicted molar refractivity (Wildman–Crippen MR) is 216 cm³/mol. The molecule has 10 aromatic rings. The second-order valence-corrected chi connectivity index (χ2v) is 14.7. The van der Waals surface area contributed by atoms with Gasteiger partial charge in [-0.3, -0.25) is 0 Å². The Morgan fingerprint density at radius 2 is 0.941 bits per heavy atom. The van der Waals surface area contributed by atoms with Crippen molar-refractivity contribution in [3.63, 3.8) is 0 Å². The molecule has 0 saturated carbocycles. The number of para-hydroxylation sites is 2. The molecule has 0 bridgehead atoms. The van der Waals surface area contributed by atoms with Gasteiger partial charge in [0.2, 0.25) is 0 Å². The first kappa shape index (κ1) is 28.6. The summed E-state index contributed by atoms with van der Waals surface area (Å²) in [6, 6.07) is 69.8. The lowest BCUT2D eigenvalue weighted by atomic mass is 9.67. The molecule has 51 heavy (non-hydrogen) atoms. The van der Waals surface area contributed by atoms with E-state index in [1.807, 2.05) is 11.3 Å². The van der Waals surface area contributed by atoms with Gasteiger partial charge in [0.25, 0.3) is 0 Å². The third-order valence-electron chi connectivity index (χ3n) is 11.1. The highest BCUT2D eigenvalue weighted by Crippen LogP contribution is 2.57. The standard InChI is InChI=1S/C49H31NS/c1-3-14-33(15-4-1)49(34-16-5-2-6-17-34)43-30-32(36-21-13-22-42-41-20-9-12-25-47(41)51-48(36)42)26-28-37(43)38-29-27-35(31-44(38)49)50-45-23-10-7-18-39(45)40-19-8-11-24-46(40)50/h1-31H. The number of rotatable bonds is 4. The van der Waals surface area contributed by atoms with E-state index in [1.165, 1.54) is 92.2 Å². The summed E-state index contributed by atoms with van der Waals surface area (Å²) in [5, 5.41) is 5.20. The summed E-state index contributed by atoms with van der Waals surface area (Å²) in [5.41, 5.74) is 13.4. The summed E-state index contributed by atoms with van der Waals surface area (Å²) in [4.78, 5) is 0. The van der Waals surface area contributed by atoms with Crippen LogP contribution in [0, 0.1) is 0 Å². The zero-order valence-corrected chi connectivity index (χ0v) is 28.6. The number of fused-ring (bicyclic) bond motifs is 9. The van der Waals surface area contributed by atoms with Crippen molar-refractivity contribution in [3.05, 3.63) is 210 Å². The summed E-state index contributed by atoms with van der Waals surface area (Å²) >= 11 is 1.90. The van der Waals surface area contributed by atoms with Gasteiger partial charge in [-0.25, -0.2) is 0 Å². The second-order valence-electron chi connectivity index (χ2n) is 13.6. The highest BCUT2D eigenvalue weighted by molar-refractivity contribution is 7.26. The van der Waals surface area contributed by atoms with E-state index in [0.717, 1.165) is 0 Å². The fourth-order valence-electron chi connectivity index (χ4n) is 8.96. The number of aromatic nitrogens is 1. The number of thiophene rings is 1. The summed E-state index contributed by atoms with van der Waals surface area (Å²) in [6.45, 7) is 0. The van der Waals surface area contributed by atoms with Gasteiger partial charge in [-0.1, -0.05) is 152 Å². The first-order chi connectivity index (χ1) is 25.3. The molecule has 0 amide bonds. The van der Waals surface area contributed by atoms with Crippen molar-refractivity contribution in [2.75, 3.05) is 0 Å². The van der Waals surface area contributed by atoms with Crippen molar-refractivity contribution in [2.24, 2.45) is 0 Å². The van der Waals surface area contributed by atoms with E-state index in [4.69, 9.17) is 0 Å². The van der Waals surface area contributed by atoms with Gasteiger partial charge >= 0.3 is 0 Å². The van der Waals surface area contributed by atoms with Gasteiger partial charge in [0.1, 0.15) is 0 Å². The molecule has 0 spiro atoms. The Morgan fingerprint density at radius 3 is 1.63 bits per heavy atom. The molecule has 2 heterocycles. The number of benzene rings is 8. The van der Waals surface area contributed by atoms with E-state index < -0.39 is 5.41 Å². The van der Waals surface area contributed by atoms with Crippen molar-refractivity contribution in [1.82, 2.24) is 4.57 Å². The van der Waals surface area contributed by atoms with Gasteiger partial charge in [0.15, 0.2) is 0 Å². The van der Waals surface area contributed by atoms with Crippen LogP contribution in [-0.4, -0.2) is 4.57 Å². The summed E-state index contributed by atoms with van der Waals surface area (Å²) < 4.78 is 5.12. The maximum Gasteiger partial charge on any atom is 0.0714 e. The van der Waals surface area contributed by atoms with E-state index in [9.17, 15) is 0 Å². The van der Waals surface area contributed by atoms with Crippen LogP contribution in [0.25, 0.3) is 69.9 Å². The lowest BCUT2D eigenvalue weighted by molar-refractivity contribution is 0.768. The van der Waals surface area contributed by atoms with Gasteiger partial charge in [0, 0.05) is 36.6 Å². The Bertz CT molecular complexity index is 2870. The van der Waals surface area contributed by atoms with Crippen molar-refractivity contribution in [3.8, 4) is 27.9 Å². The second kappa shape index (κ2) is 10.9. The molecular weight excluding hydrogens is 635 g/mol. The molecule has 1 aliphatic carbocycles. The topological polar surface area (TPSA) is 4.93 Å². The third-order valence-corrected chi connectivity index (χ3v) is 12.3. The third kappa shape index (κ3) is 3.97. The Kier molecular flexibility index (Phi) is 6.11. The molecule has 0 aliphatic heterocycles. The molecule has 0 N–H and O–H groups in total. The minimum Gasteiger partial charge on any atom is -0.309 e. The van der Waals surface area contributed by atoms with Crippen LogP contribution in [0.3, 0.4) is 0 Å². The molecule has 0 radical (unpaired) electrons. The molecule has 0 fully saturated rings. The van der Waals surface area contributed by atoms with Gasteiger partial charge in [-0.2, -0.15) is 0 Å². The first-order valence-corrected chi connectivity index (χ1v) is 18.4. The first-order valence-electron chi connectivity index (χ1n) is 17.6. The molecule has 11 rings (SSSR count). The molecule has 8 aromatic carbocycles. The van der Waals surface area contributed by atoms with Gasteiger partial charge in [-0.05, 0) is 80.9 Å². The molecule has 2 aromatic heterocycles. The Labute approximate surface area is 300 Å². The molecule has 0 atom stereocenters. The van der Waals surface area contributed by atoms with Crippen molar-refractivity contribution < 1.29 is 0 Å². The maximum absolute atomic E-state index is 2.49. The highest BCUT2D eigenvalue weighted by Gasteiger charge is 2.46. The van der Waals surface area contributed by atoms with Crippen LogP contribution in [0.15, 0.2) is 188 Å². The summed E-state index contributed by atoms with van der Waals surface area (Å²) in [6.07, 6.45) is 0. The highest BCUT2D eigenvalue weighted by atomic mass is 32.1. The number of hydrogen-bond donors (Lipinski definition) is 0. The minimum absolute atomic E-state index is 0.522. The SMILES string of the molecule is c1ccc(C2(c3ccccc3)c3cc(-c4cccc5c4sc4ccccc45)ccc3-c3ccc(-n4c5ccccc5c5ccccc54)cc32)cc1. The fraction of sp³-hybridized carbons (Fsp3) is 0.0204. The monoisotopic (exact) mass is 665 g/mol. The molecule has 1 nitrogen and oxygen atoms in total. The smallest absolute Gasteiger partial charge is 0.0714 e. The van der Waals surface area contributed by atoms with Crippen LogP contribution in [0.4, 0.5) is 0 Å². The average molecular weight is 666 g/mol. The fourth-order valence-corrected chi connectivity index (χ4v) is 10.2. The van der Waals surface area contributed by atoms with E-state index in [0.29, 0.717) is 0 Å². The normalized spacial score (nSPS) is 13.3. The van der Waals surface area contributed by atoms with Crippen LogP contribution in [0.5, 0.6) is 0 Å². The van der Waals surface area contributed by atoms with Crippen LogP contribution >= 0.6 is 11.3 Å². The van der Waals surface area contributed by atoms with E-state index in [-0.39, 0.29) is 0 Å². The Hall–Kier alpha value is -6.22. The molecule has 238 valence electrons. The van der Waals surface area contributed by atoms with E-state index >= 15 is 0 Å². The molecular formula is C49H31NS. The minimum atomic E-state index is -0.522. The molecule has 0 saturated heterocycles. The number of hydrogen-bond acceptors (Lipinski definition) is 1. The lowest BCUT2D eigenvalue weighted by Crippen LogP contribution is -2.28. The largest absolute Gasteiger partial charge is 0.309 e. The van der Waals surface area contributed by atoms with Crippen LogP contribution in [0.1, 0.15) is 22.3 Å².